The lowest BCUT2D eigenvalue weighted by molar-refractivity contribution is -0.129. The molecule has 1 amide bonds. The second kappa shape index (κ2) is 5.93. The van der Waals surface area contributed by atoms with Gasteiger partial charge in [-0.25, -0.2) is 4.68 Å². The normalized spacial score (nSPS) is 21.4. The van der Waals surface area contributed by atoms with Gasteiger partial charge in [0.05, 0.1) is 6.42 Å². The Morgan fingerprint density at radius 2 is 1.96 bits per heavy atom. The van der Waals surface area contributed by atoms with Crippen molar-refractivity contribution in [2.45, 2.75) is 32.7 Å². The zero-order valence-corrected chi connectivity index (χ0v) is 15.1. The second-order valence-electron chi connectivity index (χ2n) is 7.58. The Labute approximate surface area is 150 Å². The third kappa shape index (κ3) is 2.67. The van der Waals surface area contributed by atoms with E-state index in [-0.39, 0.29) is 11.3 Å². The molecule has 1 saturated heterocycles. The highest BCUT2D eigenvalue weighted by molar-refractivity contribution is 5.79. The third-order valence-electron chi connectivity index (χ3n) is 5.72. The first-order valence-corrected chi connectivity index (χ1v) is 8.88. The monoisotopic (exact) mass is 354 g/mol. The van der Waals surface area contributed by atoms with E-state index in [1.165, 1.54) is 11.6 Å². The van der Waals surface area contributed by atoms with Crippen molar-refractivity contribution in [2.75, 3.05) is 13.1 Å². The quantitative estimate of drug-likeness (QED) is 0.726. The summed E-state index contributed by atoms with van der Waals surface area (Å²) in [4.78, 5) is 38.7. The van der Waals surface area contributed by atoms with Crippen molar-refractivity contribution < 1.29 is 4.79 Å². The standard InChI is InChI=1S/C19H22N4O3/c1-13-5-3-4-6-14(13)9-16(24)22-8-7-19(11-22)10-15-20-21(2)17(25)18(26)23(15)12-19/h3-6H,7-12H2,1-2H3/t19-/m0/s1. The minimum atomic E-state index is -0.601. The molecule has 7 nitrogen and oxygen atoms in total. The van der Waals surface area contributed by atoms with Crippen LogP contribution in [0.15, 0.2) is 33.9 Å². The predicted molar refractivity (Wildman–Crippen MR) is 96.0 cm³/mol. The van der Waals surface area contributed by atoms with Crippen LogP contribution in [-0.4, -0.2) is 38.2 Å². The molecule has 2 aliphatic heterocycles. The molecular weight excluding hydrogens is 332 g/mol. The number of likely N-dealkylation sites (tertiary alicyclic amines) is 1. The van der Waals surface area contributed by atoms with Crippen molar-refractivity contribution in [3.8, 4) is 0 Å². The molecule has 0 radical (unpaired) electrons. The Hall–Kier alpha value is -2.70. The molecule has 0 unspecified atom stereocenters. The lowest BCUT2D eigenvalue weighted by atomic mass is 9.86. The number of hydrogen-bond donors (Lipinski definition) is 0. The van der Waals surface area contributed by atoms with Crippen LogP contribution < -0.4 is 11.1 Å². The van der Waals surface area contributed by atoms with E-state index in [1.807, 2.05) is 36.1 Å². The number of amides is 1. The molecule has 1 atom stereocenters. The summed E-state index contributed by atoms with van der Waals surface area (Å²) < 4.78 is 2.61. The summed E-state index contributed by atoms with van der Waals surface area (Å²) in [5, 5.41) is 4.25. The van der Waals surface area contributed by atoms with Gasteiger partial charge in [-0.3, -0.25) is 19.0 Å². The number of rotatable bonds is 2. The van der Waals surface area contributed by atoms with Crippen LogP contribution in [0.5, 0.6) is 0 Å². The summed E-state index contributed by atoms with van der Waals surface area (Å²) in [6.45, 7) is 3.78. The van der Waals surface area contributed by atoms with Crippen LogP contribution in [0, 0.1) is 12.3 Å². The molecule has 136 valence electrons. The first-order valence-electron chi connectivity index (χ1n) is 8.88. The zero-order valence-electron chi connectivity index (χ0n) is 15.1. The lowest BCUT2D eigenvalue weighted by Crippen LogP contribution is -2.42. The van der Waals surface area contributed by atoms with E-state index in [0.29, 0.717) is 38.3 Å². The van der Waals surface area contributed by atoms with E-state index in [2.05, 4.69) is 5.10 Å². The maximum Gasteiger partial charge on any atom is 0.332 e. The predicted octanol–water partition coefficient (Wildman–Crippen LogP) is 0.268. The Morgan fingerprint density at radius 3 is 2.73 bits per heavy atom. The van der Waals surface area contributed by atoms with Crippen LogP contribution in [-0.2, 0) is 31.2 Å². The van der Waals surface area contributed by atoms with E-state index < -0.39 is 11.1 Å². The Kier molecular flexibility index (Phi) is 3.82. The van der Waals surface area contributed by atoms with E-state index in [4.69, 9.17) is 0 Å². The average molecular weight is 354 g/mol. The van der Waals surface area contributed by atoms with Crippen molar-refractivity contribution in [3.05, 3.63) is 61.9 Å². The summed E-state index contributed by atoms with van der Waals surface area (Å²) in [6.07, 6.45) is 1.85. The average Bonchev–Trinajstić information content (AvgIpc) is 3.19. The van der Waals surface area contributed by atoms with Gasteiger partial charge in [-0.15, -0.1) is 0 Å². The smallest absolute Gasteiger partial charge is 0.332 e. The van der Waals surface area contributed by atoms with E-state index >= 15 is 0 Å². The number of carbonyl (C=O) groups excluding carboxylic acids is 1. The van der Waals surface area contributed by atoms with E-state index in [9.17, 15) is 14.4 Å². The molecule has 4 rings (SSSR count). The Bertz CT molecular complexity index is 1010. The number of aromatic nitrogens is 3. The molecule has 2 aromatic rings. The molecule has 1 fully saturated rings. The molecule has 2 aliphatic rings. The van der Waals surface area contributed by atoms with Gasteiger partial charge in [0.2, 0.25) is 5.91 Å². The highest BCUT2D eigenvalue weighted by atomic mass is 16.2. The van der Waals surface area contributed by atoms with E-state index in [1.54, 1.807) is 0 Å². The van der Waals surface area contributed by atoms with Crippen LogP contribution in [0.25, 0.3) is 0 Å². The zero-order chi connectivity index (χ0) is 18.5. The van der Waals surface area contributed by atoms with Crippen molar-refractivity contribution in [1.82, 2.24) is 19.2 Å². The van der Waals surface area contributed by atoms with Crippen LogP contribution in [0.1, 0.15) is 23.4 Å². The molecule has 26 heavy (non-hydrogen) atoms. The molecule has 0 bridgehead atoms. The van der Waals surface area contributed by atoms with Crippen molar-refractivity contribution in [3.63, 3.8) is 0 Å². The van der Waals surface area contributed by atoms with Gasteiger partial charge in [0.1, 0.15) is 5.82 Å². The fourth-order valence-electron chi connectivity index (χ4n) is 4.17. The second-order valence-corrected chi connectivity index (χ2v) is 7.58. The molecule has 1 aromatic heterocycles. The largest absolute Gasteiger partial charge is 0.342 e. The van der Waals surface area contributed by atoms with Gasteiger partial charge in [-0.05, 0) is 24.5 Å². The summed E-state index contributed by atoms with van der Waals surface area (Å²) in [7, 11) is 1.50. The molecule has 1 aromatic carbocycles. The molecule has 0 aliphatic carbocycles. The topological polar surface area (TPSA) is 77.2 Å². The molecule has 1 spiro atoms. The van der Waals surface area contributed by atoms with Crippen LogP contribution in [0.2, 0.25) is 0 Å². The highest BCUT2D eigenvalue weighted by Crippen LogP contribution is 2.39. The SMILES string of the molecule is Cc1ccccc1CC(=O)N1CC[C@]2(Cc3nn(C)c(=O)c(=O)n3C2)C1. The minimum absolute atomic E-state index is 0.113. The molecular formula is C19H22N4O3. The van der Waals surface area contributed by atoms with Crippen molar-refractivity contribution in [1.29, 1.82) is 0 Å². The Balaban J connectivity index is 1.52. The molecule has 0 N–H and O–H groups in total. The summed E-state index contributed by atoms with van der Waals surface area (Å²) >= 11 is 0. The molecule has 7 heteroatoms. The number of aryl methyl sites for hydroxylation is 2. The highest BCUT2D eigenvalue weighted by Gasteiger charge is 2.45. The number of fused-ring (bicyclic) bond motifs is 1. The van der Waals surface area contributed by atoms with Crippen LogP contribution in [0.3, 0.4) is 0 Å². The first-order chi connectivity index (χ1) is 12.4. The fourth-order valence-corrected chi connectivity index (χ4v) is 4.17. The van der Waals surface area contributed by atoms with Crippen LogP contribution in [0.4, 0.5) is 0 Å². The Morgan fingerprint density at radius 1 is 1.19 bits per heavy atom. The molecule has 3 heterocycles. The van der Waals surface area contributed by atoms with E-state index in [0.717, 1.165) is 22.2 Å². The summed E-state index contributed by atoms with van der Waals surface area (Å²) in [5.41, 5.74) is 0.875. The number of benzene rings is 1. The first kappa shape index (κ1) is 16.8. The maximum atomic E-state index is 12.7. The third-order valence-corrected chi connectivity index (χ3v) is 5.72. The summed E-state index contributed by atoms with van der Waals surface area (Å²) in [6, 6.07) is 7.93. The van der Waals surface area contributed by atoms with Gasteiger partial charge in [-0.2, -0.15) is 5.10 Å². The van der Waals surface area contributed by atoms with Gasteiger partial charge < -0.3 is 4.90 Å². The van der Waals surface area contributed by atoms with Gasteiger partial charge in [0.25, 0.3) is 0 Å². The maximum absolute atomic E-state index is 12.7. The number of hydrogen-bond acceptors (Lipinski definition) is 4. The number of nitrogens with zero attached hydrogens (tertiary/aromatic N) is 4. The van der Waals surface area contributed by atoms with Gasteiger partial charge in [-0.1, -0.05) is 24.3 Å². The summed E-state index contributed by atoms with van der Waals surface area (Å²) in [5.74, 6) is 0.757. The van der Waals surface area contributed by atoms with Crippen molar-refractivity contribution in [2.24, 2.45) is 12.5 Å². The number of carbonyl (C=O) groups is 1. The molecule has 0 saturated carbocycles. The fraction of sp³-hybridized carbons (Fsp3) is 0.474. The van der Waals surface area contributed by atoms with Crippen molar-refractivity contribution >= 4 is 5.91 Å². The van der Waals surface area contributed by atoms with Gasteiger partial charge >= 0.3 is 11.1 Å². The van der Waals surface area contributed by atoms with Crippen LogP contribution >= 0.6 is 0 Å². The minimum Gasteiger partial charge on any atom is -0.342 e. The van der Waals surface area contributed by atoms with Gasteiger partial charge in [0, 0.05) is 38.5 Å². The lowest BCUT2D eigenvalue weighted by Gasteiger charge is -2.23. The van der Waals surface area contributed by atoms with Gasteiger partial charge in [0.15, 0.2) is 0 Å².